The van der Waals surface area contributed by atoms with Gasteiger partial charge in [-0.1, -0.05) is 37.3 Å². The molecule has 6 heteroatoms. The van der Waals surface area contributed by atoms with E-state index in [1.54, 1.807) is 30.6 Å². The number of thioether (sulfide) groups is 1. The molecule has 0 saturated heterocycles. The lowest BCUT2D eigenvalue weighted by atomic mass is 9.46. The molecule has 0 aliphatic heterocycles. The van der Waals surface area contributed by atoms with E-state index in [1.807, 2.05) is 6.08 Å². The maximum atomic E-state index is 13.3. The largest absolute Gasteiger partial charge is 0.393 e. The minimum atomic E-state index is -0.462. The van der Waals surface area contributed by atoms with Crippen LogP contribution in [0.5, 0.6) is 0 Å². The molecule has 4 aliphatic carbocycles. The van der Waals surface area contributed by atoms with E-state index < -0.39 is 6.10 Å². The van der Waals surface area contributed by atoms with Crippen LogP contribution in [0, 0.1) is 34.5 Å². The number of ketones is 2. The molecule has 4 aliphatic rings. The van der Waals surface area contributed by atoms with Crippen molar-refractivity contribution < 1.29 is 14.7 Å². The van der Waals surface area contributed by atoms with Crippen molar-refractivity contribution in [1.29, 1.82) is 0 Å². The first-order chi connectivity index (χ1) is 14.8. The summed E-state index contributed by atoms with van der Waals surface area (Å²) < 4.78 is 0. The van der Waals surface area contributed by atoms with Crippen LogP contribution >= 0.6 is 11.8 Å². The van der Waals surface area contributed by atoms with Gasteiger partial charge in [-0.05, 0) is 67.6 Å². The predicted molar refractivity (Wildman–Crippen MR) is 119 cm³/mol. The van der Waals surface area contributed by atoms with Gasteiger partial charge in [0.25, 0.3) is 0 Å². The van der Waals surface area contributed by atoms with Gasteiger partial charge in [0.15, 0.2) is 10.9 Å². The molecule has 31 heavy (non-hydrogen) atoms. The van der Waals surface area contributed by atoms with Crippen LogP contribution in [0.25, 0.3) is 0 Å². The molecule has 1 heterocycles. The van der Waals surface area contributed by atoms with Crippen LogP contribution in [-0.2, 0) is 9.59 Å². The number of aliphatic hydroxyl groups excluding tert-OH is 1. The third-order valence-electron chi connectivity index (χ3n) is 8.77. The van der Waals surface area contributed by atoms with Crippen molar-refractivity contribution in [3.8, 4) is 0 Å². The summed E-state index contributed by atoms with van der Waals surface area (Å²) in [5, 5.41) is 12.0. The lowest BCUT2D eigenvalue weighted by Gasteiger charge is -2.58. The number of carbonyl (C=O) groups is 2. The van der Waals surface area contributed by atoms with Crippen LogP contribution in [0.3, 0.4) is 0 Å². The molecule has 5 nitrogen and oxygen atoms in total. The van der Waals surface area contributed by atoms with Gasteiger partial charge in [-0.2, -0.15) is 0 Å². The average Bonchev–Trinajstić information content (AvgIpc) is 3.09. The monoisotopic (exact) mass is 438 g/mol. The number of aliphatic hydroxyl groups is 1. The Kier molecular flexibility index (Phi) is 5.21. The van der Waals surface area contributed by atoms with Crippen LogP contribution in [0.1, 0.15) is 46.0 Å². The lowest BCUT2D eigenvalue weighted by molar-refractivity contribution is -0.137. The zero-order valence-corrected chi connectivity index (χ0v) is 19.0. The number of carbonyl (C=O) groups excluding carboxylic acids is 2. The van der Waals surface area contributed by atoms with E-state index in [9.17, 15) is 14.7 Å². The molecule has 0 bridgehead atoms. The standard InChI is InChI=1S/C25H30N2O3S/c1-24-9-8-16(28)12-15(24)4-5-17-18-6-7-19(25(18,2)13-20(29)22(17)24)21(30)14-31-23-26-10-3-11-27-23/h3,8-12,17-20,22,29H,4-7,13-14H2,1-2H3/t17?,18?,19?,20-,22?,24?,25?/m0/s1. The van der Waals surface area contributed by atoms with E-state index in [-0.39, 0.29) is 34.2 Å². The Morgan fingerprint density at radius 2 is 2.00 bits per heavy atom. The summed E-state index contributed by atoms with van der Waals surface area (Å²) in [7, 11) is 0. The van der Waals surface area contributed by atoms with Gasteiger partial charge in [0, 0.05) is 29.6 Å². The molecule has 0 amide bonds. The fourth-order valence-corrected chi connectivity index (χ4v) is 8.19. The van der Waals surface area contributed by atoms with Gasteiger partial charge in [-0.3, -0.25) is 9.59 Å². The van der Waals surface area contributed by atoms with Crippen LogP contribution in [0.15, 0.2) is 47.4 Å². The predicted octanol–water partition coefficient (Wildman–Crippen LogP) is 4.03. The van der Waals surface area contributed by atoms with E-state index in [0.717, 1.165) is 25.7 Å². The van der Waals surface area contributed by atoms with Crippen LogP contribution in [0.4, 0.5) is 0 Å². The Balaban J connectivity index is 1.37. The smallest absolute Gasteiger partial charge is 0.187 e. The highest BCUT2D eigenvalue weighted by Gasteiger charge is 2.62. The minimum Gasteiger partial charge on any atom is -0.393 e. The molecule has 1 aromatic rings. The molecule has 164 valence electrons. The second-order valence-electron chi connectivity index (χ2n) is 10.2. The van der Waals surface area contributed by atoms with Crippen LogP contribution < -0.4 is 0 Å². The normalized spacial score (nSPS) is 41.2. The van der Waals surface area contributed by atoms with Gasteiger partial charge in [-0.25, -0.2) is 9.97 Å². The quantitative estimate of drug-likeness (QED) is 0.565. The van der Waals surface area contributed by atoms with Gasteiger partial charge in [0.2, 0.25) is 0 Å². The fourth-order valence-electron chi connectivity index (χ4n) is 7.45. The van der Waals surface area contributed by atoms with Crippen molar-refractivity contribution in [2.75, 3.05) is 5.75 Å². The van der Waals surface area contributed by atoms with Crippen molar-refractivity contribution in [3.63, 3.8) is 0 Å². The Morgan fingerprint density at radius 3 is 2.77 bits per heavy atom. The highest BCUT2D eigenvalue weighted by Crippen LogP contribution is 2.66. The number of Topliss-reactive ketones (excluding diaryl/α,β-unsaturated/α-hetero) is 1. The van der Waals surface area contributed by atoms with E-state index in [2.05, 4.69) is 23.8 Å². The summed E-state index contributed by atoms with van der Waals surface area (Å²) in [5.41, 5.74) is 0.760. The molecule has 5 rings (SSSR count). The molecule has 1 N–H and O–H groups in total. The fraction of sp³-hybridized carbons (Fsp3) is 0.600. The van der Waals surface area contributed by atoms with Crippen molar-refractivity contribution >= 4 is 23.3 Å². The summed E-state index contributed by atoms with van der Waals surface area (Å²) in [6.07, 6.45) is 13.0. The van der Waals surface area contributed by atoms with Gasteiger partial charge in [-0.15, -0.1) is 0 Å². The van der Waals surface area contributed by atoms with E-state index in [0.29, 0.717) is 29.2 Å². The first-order valence-electron chi connectivity index (χ1n) is 11.4. The van der Waals surface area contributed by atoms with Gasteiger partial charge in [0.05, 0.1) is 11.9 Å². The summed E-state index contributed by atoms with van der Waals surface area (Å²) in [6, 6.07) is 1.77. The highest BCUT2D eigenvalue weighted by atomic mass is 32.2. The molecular weight excluding hydrogens is 408 g/mol. The number of rotatable bonds is 4. The molecule has 0 radical (unpaired) electrons. The molecule has 6 unspecified atom stereocenters. The van der Waals surface area contributed by atoms with Gasteiger partial charge >= 0.3 is 0 Å². The Labute approximate surface area is 187 Å². The number of fused-ring (bicyclic) bond motifs is 5. The first-order valence-corrected chi connectivity index (χ1v) is 12.4. The molecule has 3 fully saturated rings. The van der Waals surface area contributed by atoms with Crippen LogP contribution in [-0.4, -0.2) is 38.5 Å². The molecular formula is C25H30N2O3S. The number of hydrogen-bond acceptors (Lipinski definition) is 6. The van der Waals surface area contributed by atoms with Crippen molar-refractivity contribution in [3.05, 3.63) is 42.3 Å². The Hall–Kier alpha value is -1.79. The Morgan fingerprint density at radius 1 is 1.23 bits per heavy atom. The summed E-state index contributed by atoms with van der Waals surface area (Å²) >= 11 is 1.41. The maximum absolute atomic E-state index is 13.3. The number of nitrogens with zero attached hydrogens (tertiary/aromatic N) is 2. The summed E-state index contributed by atoms with van der Waals surface area (Å²) in [5.74, 6) is 1.64. The van der Waals surface area contributed by atoms with Crippen molar-refractivity contribution in [2.24, 2.45) is 34.5 Å². The molecule has 3 saturated carbocycles. The highest BCUT2D eigenvalue weighted by molar-refractivity contribution is 7.99. The zero-order valence-electron chi connectivity index (χ0n) is 18.2. The third kappa shape index (κ3) is 3.34. The van der Waals surface area contributed by atoms with Crippen LogP contribution in [0.2, 0.25) is 0 Å². The molecule has 0 spiro atoms. The number of aromatic nitrogens is 2. The second kappa shape index (κ2) is 7.66. The minimum absolute atomic E-state index is 0.0162. The molecule has 0 aromatic carbocycles. The van der Waals surface area contributed by atoms with Gasteiger partial charge < -0.3 is 5.11 Å². The lowest BCUT2D eigenvalue weighted by Crippen LogP contribution is -2.56. The average molecular weight is 439 g/mol. The molecule has 1 aromatic heterocycles. The Bertz CT molecular complexity index is 961. The number of hydrogen-bond donors (Lipinski definition) is 1. The third-order valence-corrected chi connectivity index (χ3v) is 9.66. The first kappa shape index (κ1) is 21.1. The SMILES string of the molecule is CC12C=CC(=O)C=C1CCC1C2[C@@H](O)CC2(C)C(C(=O)CSc3ncccn3)CCC12. The van der Waals surface area contributed by atoms with E-state index in [4.69, 9.17) is 0 Å². The summed E-state index contributed by atoms with van der Waals surface area (Å²) in [4.78, 5) is 33.6. The van der Waals surface area contributed by atoms with E-state index >= 15 is 0 Å². The van der Waals surface area contributed by atoms with Crippen molar-refractivity contribution in [1.82, 2.24) is 9.97 Å². The second-order valence-corrected chi connectivity index (χ2v) is 11.2. The van der Waals surface area contributed by atoms with Gasteiger partial charge in [0.1, 0.15) is 5.78 Å². The number of allylic oxidation sites excluding steroid dienone is 4. The summed E-state index contributed by atoms with van der Waals surface area (Å²) in [6.45, 7) is 4.43. The van der Waals surface area contributed by atoms with E-state index in [1.165, 1.54) is 17.3 Å². The topological polar surface area (TPSA) is 80.1 Å². The maximum Gasteiger partial charge on any atom is 0.187 e. The zero-order chi connectivity index (χ0) is 21.8. The van der Waals surface area contributed by atoms with Crippen molar-refractivity contribution in [2.45, 2.75) is 57.2 Å². The molecule has 7 atom stereocenters.